The Labute approximate surface area is 138 Å². The van der Waals surface area contributed by atoms with Crippen LogP contribution in [0.2, 0.25) is 10.0 Å². The van der Waals surface area contributed by atoms with Crippen LogP contribution in [0.4, 0.5) is 0 Å². The summed E-state index contributed by atoms with van der Waals surface area (Å²) >= 11 is 15.5. The maximum atomic E-state index is 6.08. The van der Waals surface area contributed by atoms with Gasteiger partial charge in [0.1, 0.15) is 0 Å². The molecule has 1 atom stereocenters. The van der Waals surface area contributed by atoms with Crippen LogP contribution < -0.4 is 5.32 Å². The van der Waals surface area contributed by atoms with Crippen LogP contribution in [0.15, 0.2) is 46.9 Å². The quantitative estimate of drug-likeness (QED) is 0.678. The number of hydrogen-bond donors (Lipinski definition) is 1. The summed E-state index contributed by atoms with van der Waals surface area (Å²) in [7, 11) is 0. The minimum Gasteiger partial charge on any atom is -0.306 e. The average Bonchev–Trinajstić information content (AvgIpc) is 2.45. The second-order valence-corrected chi connectivity index (χ2v) is 6.37. The van der Waals surface area contributed by atoms with Crippen molar-refractivity contribution in [3.8, 4) is 0 Å². The predicted octanol–water partition coefficient (Wildman–Crippen LogP) is 6.00. The molecule has 0 aliphatic rings. The van der Waals surface area contributed by atoms with Crippen molar-refractivity contribution >= 4 is 39.1 Å². The molecule has 0 aromatic heterocycles. The molecule has 1 unspecified atom stereocenters. The van der Waals surface area contributed by atoms with Crippen LogP contribution in [0.25, 0.3) is 0 Å². The summed E-state index contributed by atoms with van der Waals surface area (Å²) in [4.78, 5) is 0. The van der Waals surface area contributed by atoms with Crippen molar-refractivity contribution in [1.82, 2.24) is 5.32 Å². The van der Waals surface area contributed by atoms with Crippen molar-refractivity contribution in [3.05, 3.63) is 68.1 Å². The van der Waals surface area contributed by atoms with Crippen molar-refractivity contribution < 1.29 is 0 Å². The lowest BCUT2D eigenvalue weighted by molar-refractivity contribution is 0.519. The molecule has 0 spiro atoms. The number of benzene rings is 2. The summed E-state index contributed by atoms with van der Waals surface area (Å²) in [5.41, 5.74) is 2.42. The SMILES string of the molecule is CCC(NCc1ccc(Br)cc1)c1ccc(Cl)c(Cl)c1. The Bertz CT molecular complexity index is 569. The van der Waals surface area contributed by atoms with Crippen LogP contribution in [-0.4, -0.2) is 0 Å². The largest absolute Gasteiger partial charge is 0.306 e. The van der Waals surface area contributed by atoms with Gasteiger partial charge in [-0.05, 0) is 41.8 Å². The van der Waals surface area contributed by atoms with Crippen LogP contribution in [-0.2, 0) is 6.54 Å². The van der Waals surface area contributed by atoms with E-state index in [2.05, 4.69) is 52.4 Å². The number of nitrogens with one attached hydrogen (secondary N) is 1. The van der Waals surface area contributed by atoms with Gasteiger partial charge in [-0.1, -0.05) is 64.3 Å². The van der Waals surface area contributed by atoms with Gasteiger partial charge in [0.2, 0.25) is 0 Å². The van der Waals surface area contributed by atoms with Crippen molar-refractivity contribution in [3.63, 3.8) is 0 Å². The molecule has 0 aliphatic heterocycles. The molecule has 0 saturated carbocycles. The molecule has 0 amide bonds. The minimum absolute atomic E-state index is 0.272. The molecule has 20 heavy (non-hydrogen) atoms. The zero-order valence-corrected chi connectivity index (χ0v) is 14.3. The first-order chi connectivity index (χ1) is 9.60. The Hall–Kier alpha value is -0.540. The lowest BCUT2D eigenvalue weighted by atomic mass is 10.0. The second-order valence-electron chi connectivity index (χ2n) is 4.64. The van der Waals surface area contributed by atoms with E-state index in [9.17, 15) is 0 Å². The molecule has 2 aromatic rings. The van der Waals surface area contributed by atoms with Crippen molar-refractivity contribution in [2.45, 2.75) is 25.9 Å². The predicted molar refractivity (Wildman–Crippen MR) is 90.5 cm³/mol. The van der Waals surface area contributed by atoms with Crippen molar-refractivity contribution in [2.75, 3.05) is 0 Å². The summed E-state index contributed by atoms with van der Waals surface area (Å²) in [6.45, 7) is 2.98. The fraction of sp³-hybridized carbons (Fsp3) is 0.250. The Morgan fingerprint density at radius 1 is 1.05 bits per heavy atom. The Kier molecular flexibility index (Phi) is 5.91. The highest BCUT2D eigenvalue weighted by Gasteiger charge is 2.10. The average molecular weight is 373 g/mol. The second kappa shape index (κ2) is 7.46. The van der Waals surface area contributed by atoms with Gasteiger partial charge in [-0.15, -0.1) is 0 Å². The van der Waals surface area contributed by atoms with E-state index in [1.165, 1.54) is 11.1 Å². The Balaban J connectivity index is 2.05. The summed E-state index contributed by atoms with van der Waals surface area (Å²) in [5, 5.41) is 4.75. The van der Waals surface area contributed by atoms with Crippen LogP contribution in [0.5, 0.6) is 0 Å². The highest BCUT2D eigenvalue weighted by Crippen LogP contribution is 2.27. The van der Waals surface area contributed by atoms with E-state index < -0.39 is 0 Å². The lowest BCUT2D eigenvalue weighted by Crippen LogP contribution is -2.20. The molecule has 2 aromatic carbocycles. The van der Waals surface area contributed by atoms with E-state index in [0.29, 0.717) is 10.0 Å². The Morgan fingerprint density at radius 3 is 2.35 bits per heavy atom. The summed E-state index contributed by atoms with van der Waals surface area (Å²) in [6, 6.07) is 14.4. The molecule has 0 heterocycles. The maximum Gasteiger partial charge on any atom is 0.0595 e. The molecule has 0 radical (unpaired) electrons. The normalized spacial score (nSPS) is 12.4. The molecule has 0 fully saturated rings. The third-order valence-corrected chi connectivity index (χ3v) is 4.49. The van der Waals surface area contributed by atoms with Crippen LogP contribution in [0.1, 0.15) is 30.5 Å². The van der Waals surface area contributed by atoms with Crippen LogP contribution in [0, 0.1) is 0 Å². The third-order valence-electron chi connectivity index (χ3n) is 3.22. The van der Waals surface area contributed by atoms with Gasteiger partial charge >= 0.3 is 0 Å². The van der Waals surface area contributed by atoms with E-state index in [4.69, 9.17) is 23.2 Å². The summed E-state index contributed by atoms with van der Waals surface area (Å²) in [6.07, 6.45) is 0.995. The lowest BCUT2D eigenvalue weighted by Gasteiger charge is -2.18. The van der Waals surface area contributed by atoms with Crippen molar-refractivity contribution in [2.24, 2.45) is 0 Å². The zero-order chi connectivity index (χ0) is 14.5. The first-order valence-electron chi connectivity index (χ1n) is 6.53. The fourth-order valence-electron chi connectivity index (χ4n) is 2.07. The molecular weight excluding hydrogens is 357 g/mol. The first-order valence-corrected chi connectivity index (χ1v) is 8.08. The number of hydrogen-bond acceptors (Lipinski definition) is 1. The van der Waals surface area contributed by atoms with Gasteiger partial charge in [-0.25, -0.2) is 0 Å². The van der Waals surface area contributed by atoms with Crippen LogP contribution >= 0.6 is 39.1 Å². The van der Waals surface area contributed by atoms with E-state index in [1.807, 2.05) is 18.2 Å². The molecule has 0 aliphatic carbocycles. The smallest absolute Gasteiger partial charge is 0.0595 e. The van der Waals surface area contributed by atoms with E-state index >= 15 is 0 Å². The fourth-order valence-corrected chi connectivity index (χ4v) is 2.64. The highest BCUT2D eigenvalue weighted by molar-refractivity contribution is 9.10. The summed E-state index contributed by atoms with van der Waals surface area (Å²) in [5.74, 6) is 0. The van der Waals surface area contributed by atoms with Crippen LogP contribution in [0.3, 0.4) is 0 Å². The van der Waals surface area contributed by atoms with Gasteiger partial charge in [0, 0.05) is 17.1 Å². The monoisotopic (exact) mass is 371 g/mol. The summed E-state index contributed by atoms with van der Waals surface area (Å²) < 4.78 is 1.10. The minimum atomic E-state index is 0.272. The van der Waals surface area contributed by atoms with Gasteiger partial charge in [0.05, 0.1) is 10.0 Å². The molecule has 1 nitrogen and oxygen atoms in total. The van der Waals surface area contributed by atoms with E-state index in [0.717, 1.165) is 17.4 Å². The van der Waals surface area contributed by atoms with E-state index in [1.54, 1.807) is 0 Å². The molecule has 4 heteroatoms. The maximum absolute atomic E-state index is 6.08. The molecule has 0 saturated heterocycles. The number of halogens is 3. The van der Waals surface area contributed by atoms with Gasteiger partial charge in [-0.3, -0.25) is 0 Å². The molecule has 2 rings (SSSR count). The Morgan fingerprint density at radius 2 is 1.75 bits per heavy atom. The molecule has 106 valence electrons. The zero-order valence-electron chi connectivity index (χ0n) is 11.2. The highest BCUT2D eigenvalue weighted by atomic mass is 79.9. The molecule has 1 N–H and O–H groups in total. The topological polar surface area (TPSA) is 12.0 Å². The van der Waals surface area contributed by atoms with Gasteiger partial charge in [-0.2, -0.15) is 0 Å². The van der Waals surface area contributed by atoms with Gasteiger partial charge < -0.3 is 5.32 Å². The van der Waals surface area contributed by atoms with Gasteiger partial charge in [0.25, 0.3) is 0 Å². The van der Waals surface area contributed by atoms with Gasteiger partial charge in [0.15, 0.2) is 0 Å². The third kappa shape index (κ3) is 4.23. The van der Waals surface area contributed by atoms with Crippen molar-refractivity contribution in [1.29, 1.82) is 0 Å². The first kappa shape index (κ1) is 15.8. The molecular formula is C16H16BrCl2N. The van der Waals surface area contributed by atoms with E-state index in [-0.39, 0.29) is 6.04 Å². The molecule has 0 bridgehead atoms. The number of rotatable bonds is 5. The standard InChI is InChI=1S/C16H16BrCl2N/c1-2-16(12-5-8-14(18)15(19)9-12)20-10-11-3-6-13(17)7-4-11/h3-9,16,20H,2,10H2,1H3.